The van der Waals surface area contributed by atoms with Crippen LogP contribution in [-0.2, 0) is 7.05 Å². The molecule has 0 aliphatic heterocycles. The third-order valence-electron chi connectivity index (χ3n) is 5.37. The summed E-state index contributed by atoms with van der Waals surface area (Å²) in [6, 6.07) is 5.05. The highest BCUT2D eigenvalue weighted by atomic mass is 19.1. The summed E-state index contributed by atoms with van der Waals surface area (Å²) in [5.74, 6) is 0.445. The fourth-order valence-electron chi connectivity index (χ4n) is 3.74. The molecule has 3 rings (SSSR count). The molecule has 27 heavy (non-hydrogen) atoms. The molecule has 0 atom stereocenters. The average molecular weight is 371 g/mol. The molecular weight excluding hydrogens is 345 g/mol. The summed E-state index contributed by atoms with van der Waals surface area (Å²) in [7, 11) is 3.12. The molecule has 2 aromatic heterocycles. The number of hydrogen-bond acceptors (Lipinski definition) is 3. The van der Waals surface area contributed by atoms with Gasteiger partial charge in [0.15, 0.2) is 17.4 Å². The van der Waals surface area contributed by atoms with E-state index in [1.807, 2.05) is 19.9 Å². The van der Waals surface area contributed by atoms with E-state index in [2.05, 4.69) is 13.8 Å². The molecule has 0 radical (unpaired) electrons. The van der Waals surface area contributed by atoms with Gasteiger partial charge in [-0.05, 0) is 61.9 Å². The highest BCUT2D eigenvalue weighted by Crippen LogP contribution is 2.30. The van der Waals surface area contributed by atoms with Gasteiger partial charge in [0.1, 0.15) is 5.52 Å². The van der Waals surface area contributed by atoms with Gasteiger partial charge in [0.2, 0.25) is 0 Å². The molecule has 0 bridgehead atoms. The maximum absolute atomic E-state index is 14.3. The third kappa shape index (κ3) is 3.03. The van der Waals surface area contributed by atoms with E-state index in [-0.39, 0.29) is 11.3 Å². The van der Waals surface area contributed by atoms with Gasteiger partial charge in [0, 0.05) is 18.3 Å². The topological polar surface area (TPSA) is 48.5 Å². The number of hydrogen-bond donors (Lipinski definition) is 0. The first-order valence-electron chi connectivity index (χ1n) is 9.27. The molecule has 0 N–H and O–H groups in total. The lowest BCUT2D eigenvalue weighted by Crippen LogP contribution is -2.24. The van der Waals surface area contributed by atoms with Crippen LogP contribution in [0.25, 0.3) is 16.9 Å². The van der Waals surface area contributed by atoms with Gasteiger partial charge in [-0.15, -0.1) is 5.10 Å². The molecular formula is C21H26FN3O2. The van der Waals surface area contributed by atoms with Gasteiger partial charge in [-0.2, -0.15) is 0 Å². The maximum Gasteiger partial charge on any atom is 0.278 e. The second-order valence-corrected chi connectivity index (χ2v) is 7.00. The fraction of sp³-hybridized carbons (Fsp3) is 0.429. The normalized spacial score (nSPS) is 11.6. The van der Waals surface area contributed by atoms with Gasteiger partial charge >= 0.3 is 0 Å². The molecule has 6 heteroatoms. The maximum atomic E-state index is 14.3. The zero-order chi connectivity index (χ0) is 19.9. The van der Waals surface area contributed by atoms with E-state index in [1.165, 1.54) is 17.7 Å². The second kappa shape index (κ2) is 7.18. The van der Waals surface area contributed by atoms with E-state index in [4.69, 9.17) is 9.84 Å². The van der Waals surface area contributed by atoms with Gasteiger partial charge in [0.05, 0.1) is 7.11 Å². The molecule has 0 saturated carbocycles. The Balaban J connectivity index is 2.32. The predicted molar refractivity (Wildman–Crippen MR) is 105 cm³/mol. The molecule has 5 nitrogen and oxygen atoms in total. The van der Waals surface area contributed by atoms with Gasteiger partial charge < -0.3 is 4.74 Å². The van der Waals surface area contributed by atoms with E-state index in [9.17, 15) is 9.18 Å². The van der Waals surface area contributed by atoms with Crippen molar-refractivity contribution in [3.63, 3.8) is 0 Å². The van der Waals surface area contributed by atoms with Crippen molar-refractivity contribution in [1.82, 2.24) is 14.2 Å². The Morgan fingerprint density at radius 3 is 2.44 bits per heavy atom. The van der Waals surface area contributed by atoms with Crippen molar-refractivity contribution in [3.05, 3.63) is 51.2 Å². The van der Waals surface area contributed by atoms with Crippen molar-refractivity contribution in [2.45, 2.75) is 46.5 Å². The molecule has 0 aliphatic carbocycles. The predicted octanol–water partition coefficient (Wildman–Crippen LogP) is 4.37. The van der Waals surface area contributed by atoms with Crippen LogP contribution in [0.4, 0.5) is 4.39 Å². The summed E-state index contributed by atoms with van der Waals surface area (Å²) >= 11 is 0. The highest BCUT2D eigenvalue weighted by molar-refractivity contribution is 5.65. The lowest BCUT2D eigenvalue weighted by molar-refractivity contribution is 0.386. The first-order chi connectivity index (χ1) is 12.8. The summed E-state index contributed by atoms with van der Waals surface area (Å²) in [5, 5.41) is 4.71. The summed E-state index contributed by atoms with van der Waals surface area (Å²) in [5.41, 5.74) is 3.80. The first-order valence-corrected chi connectivity index (χ1v) is 9.27. The Hall–Kier alpha value is -2.63. The van der Waals surface area contributed by atoms with E-state index in [1.54, 1.807) is 17.6 Å². The number of methoxy groups -OCH3 is 1. The van der Waals surface area contributed by atoms with Crippen molar-refractivity contribution in [2.75, 3.05) is 7.11 Å². The molecule has 2 heterocycles. The molecule has 0 fully saturated rings. The van der Waals surface area contributed by atoms with Crippen molar-refractivity contribution in [2.24, 2.45) is 7.05 Å². The first kappa shape index (κ1) is 19.1. The summed E-state index contributed by atoms with van der Waals surface area (Å²) in [6.07, 6.45) is 1.92. The minimum Gasteiger partial charge on any atom is -0.494 e. The zero-order valence-electron chi connectivity index (χ0n) is 16.8. The highest BCUT2D eigenvalue weighted by Gasteiger charge is 2.21. The molecule has 0 spiro atoms. The van der Waals surface area contributed by atoms with Crippen molar-refractivity contribution < 1.29 is 9.13 Å². The third-order valence-corrected chi connectivity index (χ3v) is 5.37. The summed E-state index contributed by atoms with van der Waals surface area (Å²) in [6.45, 7) is 8.05. The van der Waals surface area contributed by atoms with Crippen LogP contribution in [0, 0.1) is 19.7 Å². The van der Waals surface area contributed by atoms with Crippen LogP contribution in [0.3, 0.4) is 0 Å². The minimum atomic E-state index is -0.477. The standard InChI is InChI=1S/C21H26FN3O2/c1-7-14(8-2)16-10-13(4)25-19(16)21(26)24(5)20(23-25)15-11-17(22)18(27-6)9-12(15)3/h9-11,14H,7-8H2,1-6H3. The number of halogens is 1. The van der Waals surface area contributed by atoms with Gasteiger partial charge in [-0.25, -0.2) is 8.91 Å². The Morgan fingerprint density at radius 2 is 1.85 bits per heavy atom. The summed E-state index contributed by atoms with van der Waals surface area (Å²) < 4.78 is 22.6. The van der Waals surface area contributed by atoms with Crippen LogP contribution in [0.1, 0.15) is 49.4 Å². The molecule has 144 valence electrons. The van der Waals surface area contributed by atoms with Crippen LogP contribution < -0.4 is 10.3 Å². The van der Waals surface area contributed by atoms with Crippen molar-refractivity contribution >= 4 is 5.52 Å². The number of aryl methyl sites for hydroxylation is 2. The molecule has 0 amide bonds. The number of aromatic nitrogens is 3. The second-order valence-electron chi connectivity index (χ2n) is 7.00. The smallest absolute Gasteiger partial charge is 0.278 e. The Labute approximate surface area is 158 Å². The van der Waals surface area contributed by atoms with Gasteiger partial charge in [0.25, 0.3) is 5.56 Å². The van der Waals surface area contributed by atoms with E-state index >= 15 is 0 Å². The Bertz CT molecular complexity index is 1060. The van der Waals surface area contributed by atoms with E-state index in [0.29, 0.717) is 22.8 Å². The van der Waals surface area contributed by atoms with Gasteiger partial charge in [-0.1, -0.05) is 13.8 Å². The number of nitrogens with zero attached hydrogens (tertiary/aromatic N) is 3. The number of benzene rings is 1. The number of ether oxygens (including phenoxy) is 1. The van der Waals surface area contributed by atoms with Crippen LogP contribution >= 0.6 is 0 Å². The van der Waals surface area contributed by atoms with E-state index < -0.39 is 5.82 Å². The molecule has 0 saturated heterocycles. The quantitative estimate of drug-likeness (QED) is 0.669. The largest absolute Gasteiger partial charge is 0.494 e. The van der Waals surface area contributed by atoms with Crippen LogP contribution in [0.5, 0.6) is 5.75 Å². The monoisotopic (exact) mass is 371 g/mol. The van der Waals surface area contributed by atoms with Crippen LogP contribution in [0.15, 0.2) is 23.0 Å². The molecule has 1 aromatic carbocycles. The summed E-state index contributed by atoms with van der Waals surface area (Å²) in [4.78, 5) is 13.2. The molecule has 3 aromatic rings. The zero-order valence-corrected chi connectivity index (χ0v) is 16.8. The van der Waals surface area contributed by atoms with Crippen LogP contribution in [-0.4, -0.2) is 21.3 Å². The van der Waals surface area contributed by atoms with E-state index in [0.717, 1.165) is 29.7 Å². The van der Waals surface area contributed by atoms with Gasteiger partial charge in [-0.3, -0.25) is 9.36 Å². The number of fused-ring (bicyclic) bond motifs is 1. The molecule has 0 unspecified atom stereocenters. The lowest BCUT2D eigenvalue weighted by Gasteiger charge is -2.15. The van der Waals surface area contributed by atoms with Crippen molar-refractivity contribution in [1.29, 1.82) is 0 Å². The molecule has 0 aliphatic rings. The number of rotatable bonds is 5. The van der Waals surface area contributed by atoms with Crippen LogP contribution in [0.2, 0.25) is 0 Å². The SMILES string of the molecule is CCC(CC)c1cc(C)n2nc(-c3cc(F)c(OC)cc3C)n(C)c(=O)c12. The fourth-order valence-corrected chi connectivity index (χ4v) is 3.74. The lowest BCUT2D eigenvalue weighted by atomic mass is 9.95. The Morgan fingerprint density at radius 1 is 1.19 bits per heavy atom. The van der Waals surface area contributed by atoms with Crippen molar-refractivity contribution in [3.8, 4) is 17.1 Å². The average Bonchev–Trinajstić information content (AvgIpc) is 2.97. The minimum absolute atomic E-state index is 0.120. The Kier molecular flexibility index (Phi) is 5.09.